The van der Waals surface area contributed by atoms with Crippen LogP contribution in [-0.4, -0.2) is 34.4 Å². The van der Waals surface area contributed by atoms with E-state index >= 15 is 0 Å². The largest absolute Gasteiger partial charge is 0.497 e. The highest BCUT2D eigenvalue weighted by molar-refractivity contribution is 7.99. The van der Waals surface area contributed by atoms with Gasteiger partial charge in [-0.3, -0.25) is 14.2 Å². The van der Waals surface area contributed by atoms with Crippen LogP contribution in [0.5, 0.6) is 5.75 Å². The highest BCUT2D eigenvalue weighted by Crippen LogP contribution is 2.31. The van der Waals surface area contributed by atoms with Crippen molar-refractivity contribution in [1.82, 2.24) is 14.9 Å². The molecule has 0 radical (unpaired) electrons. The summed E-state index contributed by atoms with van der Waals surface area (Å²) in [5, 5.41) is 4.17. The van der Waals surface area contributed by atoms with Crippen LogP contribution in [-0.2, 0) is 11.2 Å². The van der Waals surface area contributed by atoms with Gasteiger partial charge in [0, 0.05) is 17.0 Å². The van der Waals surface area contributed by atoms with Crippen molar-refractivity contribution in [3.8, 4) is 11.4 Å². The Morgan fingerprint density at radius 1 is 1.35 bits per heavy atom. The molecule has 0 aliphatic heterocycles. The number of rotatable bonds is 9. The van der Waals surface area contributed by atoms with Crippen LogP contribution in [0.4, 0.5) is 0 Å². The maximum atomic E-state index is 13.6. The number of amides is 1. The number of nitrogens with zero attached hydrogens (tertiary/aromatic N) is 2. The van der Waals surface area contributed by atoms with E-state index in [-0.39, 0.29) is 23.3 Å². The van der Waals surface area contributed by atoms with E-state index in [0.29, 0.717) is 22.0 Å². The molecule has 2 aromatic heterocycles. The molecule has 0 aliphatic carbocycles. The lowest BCUT2D eigenvalue weighted by molar-refractivity contribution is -0.119. The summed E-state index contributed by atoms with van der Waals surface area (Å²) in [7, 11) is 1.59. The molecule has 1 atom stereocenters. The molecule has 3 rings (SSSR count). The first-order valence-corrected chi connectivity index (χ1v) is 12.3. The van der Waals surface area contributed by atoms with Crippen molar-refractivity contribution < 1.29 is 9.53 Å². The fourth-order valence-electron chi connectivity index (χ4n) is 3.57. The number of hydrogen-bond acceptors (Lipinski definition) is 6. The lowest BCUT2D eigenvalue weighted by atomic mass is 10.2. The average Bonchev–Trinajstić information content (AvgIpc) is 3.08. The zero-order valence-corrected chi connectivity index (χ0v) is 20.3. The molecule has 8 heteroatoms. The smallest absolute Gasteiger partial charge is 0.267 e. The normalized spacial score (nSPS) is 12.2. The second-order valence-electron chi connectivity index (χ2n) is 7.47. The standard InChI is InChI=1S/C23H29N3O3S2/c1-6-9-14(3)24-19(27)13-30-23-25-21-20(15(4)18(7-2)31-21)22(28)26(23)16-10-8-11-17(12-16)29-5/h8,10-12,14H,6-7,9,13H2,1-5H3,(H,24,27)/t14-/m0/s1. The number of fused-ring (bicyclic) bond motifs is 1. The van der Waals surface area contributed by atoms with E-state index in [1.807, 2.05) is 38.1 Å². The van der Waals surface area contributed by atoms with Gasteiger partial charge < -0.3 is 10.1 Å². The summed E-state index contributed by atoms with van der Waals surface area (Å²) in [6.45, 7) is 8.15. The van der Waals surface area contributed by atoms with Gasteiger partial charge in [-0.2, -0.15) is 0 Å². The van der Waals surface area contributed by atoms with Gasteiger partial charge in [-0.05, 0) is 44.4 Å². The Morgan fingerprint density at radius 3 is 2.81 bits per heavy atom. The Bertz CT molecular complexity index is 1140. The van der Waals surface area contributed by atoms with E-state index in [2.05, 4.69) is 19.2 Å². The SMILES string of the molecule is CCC[C@H](C)NC(=O)CSc1nc2sc(CC)c(C)c2c(=O)n1-c1cccc(OC)c1. The van der Waals surface area contributed by atoms with Crippen molar-refractivity contribution in [1.29, 1.82) is 0 Å². The topological polar surface area (TPSA) is 73.2 Å². The number of aryl methyl sites for hydroxylation is 2. The molecule has 1 amide bonds. The van der Waals surface area contributed by atoms with E-state index in [1.165, 1.54) is 11.8 Å². The minimum atomic E-state index is -0.117. The van der Waals surface area contributed by atoms with Gasteiger partial charge in [-0.15, -0.1) is 11.3 Å². The summed E-state index contributed by atoms with van der Waals surface area (Å²) < 4.78 is 6.94. The number of aromatic nitrogens is 2. The monoisotopic (exact) mass is 459 g/mol. The molecule has 0 unspecified atom stereocenters. The predicted molar refractivity (Wildman–Crippen MR) is 129 cm³/mol. The van der Waals surface area contributed by atoms with Gasteiger partial charge in [0.1, 0.15) is 10.6 Å². The summed E-state index contributed by atoms with van der Waals surface area (Å²) in [5.74, 6) is 0.790. The Kier molecular flexibility index (Phi) is 7.78. The van der Waals surface area contributed by atoms with Crippen LogP contribution in [0.15, 0.2) is 34.2 Å². The van der Waals surface area contributed by atoms with Gasteiger partial charge in [0.25, 0.3) is 5.56 Å². The molecule has 1 aromatic carbocycles. The van der Waals surface area contributed by atoms with E-state index in [1.54, 1.807) is 23.0 Å². The fourth-order valence-corrected chi connectivity index (χ4v) is 5.56. The van der Waals surface area contributed by atoms with Crippen LogP contribution < -0.4 is 15.6 Å². The number of hydrogen-bond donors (Lipinski definition) is 1. The van der Waals surface area contributed by atoms with Gasteiger partial charge in [0.2, 0.25) is 5.91 Å². The molecule has 3 aromatic rings. The quantitative estimate of drug-likeness (QED) is 0.370. The Labute approximate surface area is 191 Å². The number of benzene rings is 1. The maximum absolute atomic E-state index is 13.6. The minimum Gasteiger partial charge on any atom is -0.497 e. The van der Waals surface area contributed by atoms with E-state index in [4.69, 9.17) is 9.72 Å². The molecule has 0 spiro atoms. The van der Waals surface area contributed by atoms with Crippen molar-refractivity contribution in [2.45, 2.75) is 58.2 Å². The number of methoxy groups -OCH3 is 1. The highest BCUT2D eigenvalue weighted by atomic mass is 32.2. The van der Waals surface area contributed by atoms with Crippen LogP contribution in [0, 0.1) is 6.92 Å². The summed E-state index contributed by atoms with van der Waals surface area (Å²) in [6.07, 6.45) is 2.80. The zero-order chi connectivity index (χ0) is 22.5. The second-order valence-corrected chi connectivity index (χ2v) is 9.49. The van der Waals surface area contributed by atoms with Crippen molar-refractivity contribution in [2.75, 3.05) is 12.9 Å². The lowest BCUT2D eigenvalue weighted by Crippen LogP contribution is -2.34. The van der Waals surface area contributed by atoms with Gasteiger partial charge >= 0.3 is 0 Å². The first-order chi connectivity index (χ1) is 14.9. The summed E-state index contributed by atoms with van der Waals surface area (Å²) in [5.41, 5.74) is 1.54. The summed E-state index contributed by atoms with van der Waals surface area (Å²) in [6, 6.07) is 7.47. The van der Waals surface area contributed by atoms with Crippen LogP contribution in [0.1, 0.15) is 44.1 Å². The number of carbonyl (C=O) groups excluding carboxylic acids is 1. The van der Waals surface area contributed by atoms with Crippen LogP contribution in [0.2, 0.25) is 0 Å². The van der Waals surface area contributed by atoms with Gasteiger partial charge in [0.05, 0.1) is 23.9 Å². The van der Waals surface area contributed by atoms with Gasteiger partial charge in [0.15, 0.2) is 5.16 Å². The molecule has 1 N–H and O–H groups in total. The Hall–Kier alpha value is -2.32. The highest BCUT2D eigenvalue weighted by Gasteiger charge is 2.20. The molecule has 0 bridgehead atoms. The average molecular weight is 460 g/mol. The second kappa shape index (κ2) is 10.3. The van der Waals surface area contributed by atoms with Crippen molar-refractivity contribution >= 4 is 39.2 Å². The Morgan fingerprint density at radius 2 is 2.13 bits per heavy atom. The molecule has 6 nitrogen and oxygen atoms in total. The third-order valence-electron chi connectivity index (χ3n) is 5.13. The Balaban J connectivity index is 2.06. The minimum absolute atomic E-state index is 0.0610. The molecular formula is C23H29N3O3S2. The first kappa shape index (κ1) is 23.3. The van der Waals surface area contributed by atoms with Crippen LogP contribution in [0.3, 0.4) is 0 Å². The molecule has 0 saturated heterocycles. The van der Waals surface area contributed by atoms with Gasteiger partial charge in [-0.25, -0.2) is 4.98 Å². The van der Waals surface area contributed by atoms with E-state index in [0.717, 1.165) is 34.5 Å². The van der Waals surface area contributed by atoms with Crippen LogP contribution >= 0.6 is 23.1 Å². The lowest BCUT2D eigenvalue weighted by Gasteiger charge is -2.15. The maximum Gasteiger partial charge on any atom is 0.267 e. The van der Waals surface area contributed by atoms with Crippen molar-refractivity contribution in [3.63, 3.8) is 0 Å². The third kappa shape index (κ3) is 5.13. The molecular weight excluding hydrogens is 430 g/mol. The van der Waals surface area contributed by atoms with Crippen molar-refractivity contribution in [3.05, 3.63) is 45.1 Å². The molecule has 166 valence electrons. The van der Waals surface area contributed by atoms with Crippen LogP contribution in [0.25, 0.3) is 15.9 Å². The number of nitrogens with one attached hydrogen (secondary N) is 1. The zero-order valence-electron chi connectivity index (χ0n) is 18.7. The number of carbonyl (C=O) groups is 1. The molecule has 0 aliphatic rings. The molecule has 2 heterocycles. The predicted octanol–water partition coefficient (Wildman–Crippen LogP) is 4.72. The number of ether oxygens (including phenoxy) is 1. The number of thiophene rings is 1. The molecule has 0 saturated carbocycles. The number of thioether (sulfide) groups is 1. The first-order valence-electron chi connectivity index (χ1n) is 10.5. The van der Waals surface area contributed by atoms with Crippen molar-refractivity contribution in [2.24, 2.45) is 0 Å². The molecule has 31 heavy (non-hydrogen) atoms. The summed E-state index contributed by atoms with van der Waals surface area (Å²) >= 11 is 2.83. The summed E-state index contributed by atoms with van der Waals surface area (Å²) in [4.78, 5) is 32.7. The third-order valence-corrected chi connectivity index (χ3v) is 7.40. The van der Waals surface area contributed by atoms with E-state index in [9.17, 15) is 9.59 Å². The van der Waals surface area contributed by atoms with E-state index < -0.39 is 0 Å². The molecule has 0 fully saturated rings. The fraction of sp³-hybridized carbons (Fsp3) is 0.435. The van der Waals surface area contributed by atoms with Gasteiger partial charge in [-0.1, -0.05) is 38.1 Å².